The summed E-state index contributed by atoms with van der Waals surface area (Å²) < 4.78 is 3.11. The molecule has 0 aliphatic carbocycles. The number of thioether (sulfide) groups is 1. The molecule has 7 rings (SSSR count). The third-order valence-electron chi connectivity index (χ3n) is 7.30. The van der Waals surface area contributed by atoms with Crippen molar-refractivity contribution in [2.24, 2.45) is 17.1 Å². The normalized spacial score (nSPS) is 18.4. The Morgan fingerprint density at radius 1 is 0.905 bits per heavy atom. The lowest BCUT2D eigenvalue weighted by atomic mass is 10.1. The van der Waals surface area contributed by atoms with E-state index in [1.807, 2.05) is 18.2 Å². The van der Waals surface area contributed by atoms with E-state index in [2.05, 4.69) is 20.8 Å². The van der Waals surface area contributed by atoms with Gasteiger partial charge < -0.3 is 5.32 Å². The summed E-state index contributed by atoms with van der Waals surface area (Å²) in [6.45, 7) is 1.73. The van der Waals surface area contributed by atoms with E-state index in [-0.39, 0.29) is 27.0 Å². The van der Waals surface area contributed by atoms with E-state index in [9.17, 15) is 19.2 Å². The summed E-state index contributed by atoms with van der Waals surface area (Å²) in [7, 11) is 1.72. The summed E-state index contributed by atoms with van der Waals surface area (Å²) in [4.78, 5) is 59.3. The van der Waals surface area contributed by atoms with Crippen LogP contribution in [0.3, 0.4) is 0 Å². The van der Waals surface area contributed by atoms with Gasteiger partial charge in [-0.15, -0.1) is 5.10 Å². The fraction of sp³-hybridized carbons (Fsp3) is 0.0667. The number of benzene rings is 3. The Bertz CT molecular complexity index is 2130. The number of carbonyl (C=O) groups excluding carboxylic acids is 3. The first-order chi connectivity index (χ1) is 20.3. The molecular weight excluding hydrogens is 554 g/mol. The number of aromatic nitrogens is 2. The molecule has 206 valence electrons. The van der Waals surface area contributed by atoms with Crippen molar-refractivity contribution in [1.29, 1.82) is 0 Å². The van der Waals surface area contributed by atoms with Crippen LogP contribution < -0.4 is 31.8 Å². The Morgan fingerprint density at radius 3 is 2.43 bits per heavy atom. The highest BCUT2D eigenvalue weighted by molar-refractivity contribution is 8.19. The van der Waals surface area contributed by atoms with Gasteiger partial charge in [-0.1, -0.05) is 54.6 Å². The highest BCUT2D eigenvalue weighted by Gasteiger charge is 2.43. The number of hydrogen-bond donors (Lipinski definition) is 2. The third kappa shape index (κ3) is 3.76. The molecular formula is C30H21N7O4S. The highest BCUT2D eigenvalue weighted by Crippen LogP contribution is 2.43. The van der Waals surface area contributed by atoms with Crippen molar-refractivity contribution in [1.82, 2.24) is 14.8 Å². The highest BCUT2D eigenvalue weighted by atomic mass is 32.2. The van der Waals surface area contributed by atoms with Gasteiger partial charge in [0.2, 0.25) is 0 Å². The van der Waals surface area contributed by atoms with E-state index in [0.29, 0.717) is 33.2 Å². The summed E-state index contributed by atoms with van der Waals surface area (Å²) in [5, 5.41) is 8.40. The zero-order valence-electron chi connectivity index (χ0n) is 22.3. The second-order valence-corrected chi connectivity index (χ2v) is 10.6. The summed E-state index contributed by atoms with van der Waals surface area (Å²) >= 11 is 0.951. The Kier molecular flexibility index (Phi) is 5.80. The number of rotatable bonds is 4. The van der Waals surface area contributed by atoms with E-state index in [4.69, 9.17) is 0 Å². The Labute approximate surface area is 242 Å². The van der Waals surface area contributed by atoms with Crippen LogP contribution in [0.5, 0.6) is 0 Å². The van der Waals surface area contributed by atoms with Crippen LogP contribution >= 0.6 is 11.8 Å². The largest absolute Gasteiger partial charge is 0.321 e. The van der Waals surface area contributed by atoms with E-state index < -0.39 is 23.3 Å². The minimum Gasteiger partial charge on any atom is -0.321 e. The lowest BCUT2D eigenvalue weighted by Gasteiger charge is -2.14. The van der Waals surface area contributed by atoms with Gasteiger partial charge in [0, 0.05) is 23.5 Å². The van der Waals surface area contributed by atoms with Crippen molar-refractivity contribution in [3.8, 4) is 5.69 Å². The summed E-state index contributed by atoms with van der Waals surface area (Å²) in [6, 6.07) is 23.1. The fourth-order valence-corrected chi connectivity index (χ4v) is 6.25. The first kappa shape index (κ1) is 25.5. The number of hydrogen-bond acceptors (Lipinski definition) is 7. The first-order valence-corrected chi connectivity index (χ1v) is 13.7. The molecule has 0 atom stereocenters. The van der Waals surface area contributed by atoms with Crippen molar-refractivity contribution in [2.75, 3.05) is 10.2 Å². The third-order valence-corrected chi connectivity index (χ3v) is 8.34. The van der Waals surface area contributed by atoms with Crippen molar-refractivity contribution >= 4 is 57.3 Å². The van der Waals surface area contributed by atoms with Gasteiger partial charge in [0.15, 0.2) is 5.17 Å². The standard InChI is InChI=1S/C30H21N7O4S/c1-16-24(28(40)37(35(16)2)17-10-4-3-5-11-17)36-29(41)25(22-18-12-6-8-14-20(18)31-26(22)38)42-30(36)34-33-23-19-13-7-9-15-21(19)32-27(23)39/h3-15H,1-2H3,(H,31,38)(H,32,33,39). The molecule has 4 heterocycles. The summed E-state index contributed by atoms with van der Waals surface area (Å²) in [5.74, 6) is -1.52. The predicted octanol–water partition coefficient (Wildman–Crippen LogP) is 1.76. The van der Waals surface area contributed by atoms with E-state index in [0.717, 1.165) is 11.8 Å². The molecule has 11 nitrogen and oxygen atoms in total. The summed E-state index contributed by atoms with van der Waals surface area (Å²) in [6.07, 6.45) is 0. The minimum atomic E-state index is -0.582. The van der Waals surface area contributed by atoms with Gasteiger partial charge in [0.1, 0.15) is 11.4 Å². The number of para-hydroxylation sites is 3. The van der Waals surface area contributed by atoms with Crippen LogP contribution in [0.1, 0.15) is 11.3 Å². The van der Waals surface area contributed by atoms with Gasteiger partial charge in [-0.2, -0.15) is 0 Å². The lowest BCUT2D eigenvalue weighted by Crippen LogP contribution is -2.35. The maximum absolute atomic E-state index is 14.2. The smallest absolute Gasteiger partial charge is 0.296 e. The van der Waals surface area contributed by atoms with Gasteiger partial charge >= 0.3 is 0 Å². The van der Waals surface area contributed by atoms with Crippen molar-refractivity contribution in [2.45, 2.75) is 6.92 Å². The number of fused-ring (bicyclic) bond motifs is 2. The predicted molar refractivity (Wildman–Crippen MR) is 159 cm³/mol. The number of hydrazone groups is 1. The SMILES string of the molecule is Cc1c(N2C(=O)C(=C3C(=O)Nc4ccccc43)SC2=NNC2=c3ccccc3=NC2=O)c(=O)n(-c2ccccc2)n1C. The molecule has 42 heavy (non-hydrogen) atoms. The van der Waals surface area contributed by atoms with E-state index >= 15 is 0 Å². The van der Waals surface area contributed by atoms with E-state index in [1.54, 1.807) is 79.3 Å². The van der Waals surface area contributed by atoms with Crippen molar-refractivity contribution < 1.29 is 14.4 Å². The molecule has 3 aromatic carbocycles. The average Bonchev–Trinajstić information content (AvgIpc) is 3.66. The molecule has 4 aromatic rings. The molecule has 3 aliphatic heterocycles. The zero-order valence-corrected chi connectivity index (χ0v) is 23.1. The second-order valence-electron chi connectivity index (χ2n) is 9.67. The number of nitrogens with zero attached hydrogens (tertiary/aromatic N) is 5. The Morgan fingerprint density at radius 2 is 1.62 bits per heavy atom. The lowest BCUT2D eigenvalue weighted by molar-refractivity contribution is -0.114. The van der Waals surface area contributed by atoms with Crippen molar-refractivity contribution in [3.63, 3.8) is 0 Å². The molecule has 3 amide bonds. The molecule has 0 bridgehead atoms. The van der Waals surface area contributed by atoms with Gasteiger partial charge in [-0.05, 0) is 43.0 Å². The zero-order chi connectivity index (χ0) is 29.1. The van der Waals surface area contributed by atoms with Crippen LogP contribution in [0.25, 0.3) is 17.0 Å². The molecule has 0 spiro atoms. The van der Waals surface area contributed by atoms with Crippen molar-refractivity contribution in [3.05, 3.63) is 116 Å². The van der Waals surface area contributed by atoms with Gasteiger partial charge in [-0.3, -0.25) is 29.3 Å². The van der Waals surface area contributed by atoms with Crippen LogP contribution in [0, 0.1) is 6.92 Å². The van der Waals surface area contributed by atoms with Crippen LogP contribution in [0.2, 0.25) is 0 Å². The molecule has 0 saturated carbocycles. The minimum absolute atomic E-state index is 0.0783. The number of amides is 3. The molecule has 2 N–H and O–H groups in total. The molecule has 12 heteroatoms. The monoisotopic (exact) mass is 575 g/mol. The number of carbonyl (C=O) groups is 3. The molecule has 3 aliphatic rings. The van der Waals surface area contributed by atoms with Crippen LogP contribution in [0.4, 0.5) is 11.4 Å². The summed E-state index contributed by atoms with van der Waals surface area (Å²) in [5.41, 5.74) is 5.03. The van der Waals surface area contributed by atoms with Gasteiger partial charge in [0.05, 0.1) is 27.2 Å². The second kappa shape index (κ2) is 9.56. The Balaban J connectivity index is 1.42. The average molecular weight is 576 g/mol. The molecule has 0 unspecified atom stereocenters. The molecule has 1 saturated heterocycles. The van der Waals surface area contributed by atoms with Crippen LogP contribution in [-0.2, 0) is 21.4 Å². The molecule has 0 radical (unpaired) electrons. The number of anilines is 2. The number of nitrogens with one attached hydrogen (secondary N) is 2. The van der Waals surface area contributed by atoms with Crippen LogP contribution in [0.15, 0.2) is 98.7 Å². The van der Waals surface area contributed by atoms with Gasteiger partial charge in [0.25, 0.3) is 23.3 Å². The van der Waals surface area contributed by atoms with Gasteiger partial charge in [-0.25, -0.2) is 14.6 Å². The quantitative estimate of drug-likeness (QED) is 0.282. The molecule has 1 aromatic heterocycles. The van der Waals surface area contributed by atoms with Crippen LogP contribution in [-0.4, -0.2) is 32.3 Å². The molecule has 1 fully saturated rings. The maximum atomic E-state index is 14.2. The van der Waals surface area contributed by atoms with E-state index in [1.165, 1.54) is 9.58 Å². The Hall–Kier alpha value is -5.49. The first-order valence-electron chi connectivity index (χ1n) is 12.9. The fourth-order valence-electron chi connectivity index (χ4n) is 5.23. The maximum Gasteiger partial charge on any atom is 0.296 e. The topological polar surface area (TPSA) is 130 Å². The number of amidine groups is 1.